The van der Waals surface area contributed by atoms with E-state index >= 15 is 0 Å². The lowest BCUT2D eigenvalue weighted by Gasteiger charge is -2.06. The van der Waals surface area contributed by atoms with Crippen LogP contribution in [0.15, 0.2) is 29.0 Å². The number of aryl methyl sites for hydroxylation is 1. The molecule has 0 bridgehead atoms. The smallest absolute Gasteiger partial charge is 0.172 e. The van der Waals surface area contributed by atoms with Crippen molar-refractivity contribution in [2.75, 3.05) is 5.73 Å². The second-order valence-corrected chi connectivity index (χ2v) is 5.15. The Morgan fingerprint density at radius 2 is 2.26 bits per heavy atom. The molecule has 19 heavy (non-hydrogen) atoms. The molecule has 2 N–H and O–H groups in total. The van der Waals surface area contributed by atoms with Crippen LogP contribution < -0.4 is 5.73 Å². The summed E-state index contributed by atoms with van der Waals surface area (Å²) in [6, 6.07) is 5.26. The first kappa shape index (κ1) is 13.7. The first-order chi connectivity index (χ1) is 9.11. The quantitative estimate of drug-likeness (QED) is 0.677. The van der Waals surface area contributed by atoms with E-state index < -0.39 is 0 Å². The molecule has 0 aliphatic carbocycles. The zero-order valence-electron chi connectivity index (χ0n) is 10.6. The van der Waals surface area contributed by atoms with Crippen molar-refractivity contribution in [2.45, 2.75) is 26.3 Å². The number of anilines is 1. The minimum Gasteiger partial charge on any atom is -0.398 e. The van der Waals surface area contributed by atoms with Gasteiger partial charge in [0.1, 0.15) is 12.2 Å². The number of nitrogen functional groups attached to an aromatic ring is 1. The van der Waals surface area contributed by atoms with Gasteiger partial charge in [-0.15, -0.1) is 0 Å². The molecule has 0 aliphatic heterocycles. The molecule has 1 heterocycles. The second-order valence-electron chi connectivity index (χ2n) is 4.23. The van der Waals surface area contributed by atoms with Crippen LogP contribution in [0, 0.1) is 0 Å². The fraction of sp³-hybridized carbons (Fsp3) is 0.308. The Kier molecular flexibility index (Phi) is 4.31. The Bertz CT molecular complexity index is 594. The number of aromatic nitrogens is 3. The van der Waals surface area contributed by atoms with Crippen LogP contribution in [-0.2, 0) is 13.0 Å². The Labute approximate surface area is 120 Å². The van der Waals surface area contributed by atoms with E-state index in [2.05, 4.69) is 32.9 Å². The molecule has 0 unspecified atom stereocenters. The minimum atomic E-state index is -0.0517. The van der Waals surface area contributed by atoms with Gasteiger partial charge in [0, 0.05) is 22.3 Å². The summed E-state index contributed by atoms with van der Waals surface area (Å²) in [5, 5.41) is 4.11. The van der Waals surface area contributed by atoms with E-state index in [9.17, 15) is 4.79 Å². The molecule has 0 saturated carbocycles. The molecule has 2 aromatic rings. The SMILES string of the molecule is CCCn1ncnc1CC(=O)c1cc(Br)ccc1N. The first-order valence-electron chi connectivity index (χ1n) is 6.06. The lowest BCUT2D eigenvalue weighted by Crippen LogP contribution is -2.13. The van der Waals surface area contributed by atoms with Crippen molar-refractivity contribution in [3.63, 3.8) is 0 Å². The summed E-state index contributed by atoms with van der Waals surface area (Å²) in [4.78, 5) is 16.4. The number of carbonyl (C=O) groups is 1. The van der Waals surface area contributed by atoms with E-state index in [1.54, 1.807) is 16.8 Å². The maximum atomic E-state index is 12.3. The molecule has 5 nitrogen and oxygen atoms in total. The van der Waals surface area contributed by atoms with Gasteiger partial charge in [-0.3, -0.25) is 4.79 Å². The monoisotopic (exact) mass is 322 g/mol. The molecular weight excluding hydrogens is 308 g/mol. The fourth-order valence-corrected chi connectivity index (χ4v) is 2.19. The maximum Gasteiger partial charge on any atom is 0.172 e. The predicted molar refractivity (Wildman–Crippen MR) is 76.9 cm³/mol. The number of hydrogen-bond acceptors (Lipinski definition) is 4. The van der Waals surface area contributed by atoms with Gasteiger partial charge in [0.2, 0.25) is 0 Å². The zero-order chi connectivity index (χ0) is 13.8. The van der Waals surface area contributed by atoms with Crippen molar-refractivity contribution >= 4 is 27.4 Å². The molecule has 0 saturated heterocycles. The number of rotatable bonds is 5. The average Bonchev–Trinajstić information content (AvgIpc) is 2.80. The highest BCUT2D eigenvalue weighted by molar-refractivity contribution is 9.10. The molecule has 2 rings (SSSR count). The maximum absolute atomic E-state index is 12.3. The van der Waals surface area contributed by atoms with Crippen LogP contribution in [0.5, 0.6) is 0 Å². The number of benzene rings is 1. The van der Waals surface area contributed by atoms with Crippen LogP contribution in [0.25, 0.3) is 0 Å². The molecule has 6 heteroatoms. The number of ketones is 1. The van der Waals surface area contributed by atoms with Crippen molar-refractivity contribution in [2.24, 2.45) is 0 Å². The minimum absolute atomic E-state index is 0.0517. The van der Waals surface area contributed by atoms with E-state index in [0.717, 1.165) is 17.4 Å². The van der Waals surface area contributed by atoms with Gasteiger partial charge in [-0.25, -0.2) is 9.67 Å². The predicted octanol–water partition coefficient (Wildman–Crippen LogP) is 2.46. The normalized spacial score (nSPS) is 10.6. The third-order valence-corrected chi connectivity index (χ3v) is 3.26. The number of hydrogen-bond donors (Lipinski definition) is 1. The van der Waals surface area contributed by atoms with Crippen molar-refractivity contribution in [3.05, 3.63) is 40.4 Å². The van der Waals surface area contributed by atoms with Gasteiger partial charge >= 0.3 is 0 Å². The van der Waals surface area contributed by atoms with Gasteiger partial charge in [-0.2, -0.15) is 5.10 Å². The van der Waals surface area contributed by atoms with Crippen LogP contribution in [0.3, 0.4) is 0 Å². The highest BCUT2D eigenvalue weighted by Crippen LogP contribution is 2.20. The first-order valence-corrected chi connectivity index (χ1v) is 6.86. The molecule has 100 valence electrons. The Hall–Kier alpha value is -1.69. The Morgan fingerprint density at radius 3 is 3.00 bits per heavy atom. The second kappa shape index (κ2) is 5.97. The lowest BCUT2D eigenvalue weighted by molar-refractivity contribution is 0.0990. The van der Waals surface area contributed by atoms with Crippen LogP contribution in [0.4, 0.5) is 5.69 Å². The summed E-state index contributed by atoms with van der Waals surface area (Å²) >= 11 is 3.34. The molecule has 0 fully saturated rings. The highest BCUT2D eigenvalue weighted by Gasteiger charge is 2.14. The van der Waals surface area contributed by atoms with E-state index in [1.807, 2.05) is 6.07 Å². The van der Waals surface area contributed by atoms with Crippen molar-refractivity contribution in [3.8, 4) is 0 Å². The summed E-state index contributed by atoms with van der Waals surface area (Å²) in [7, 11) is 0. The van der Waals surface area contributed by atoms with Crippen molar-refractivity contribution in [1.82, 2.24) is 14.8 Å². The Balaban J connectivity index is 2.21. The standard InChI is InChI=1S/C13H15BrN4O/c1-2-5-18-13(16-8-17-18)7-12(19)10-6-9(14)3-4-11(10)15/h3-4,6,8H,2,5,7,15H2,1H3. The topological polar surface area (TPSA) is 73.8 Å². The van der Waals surface area contributed by atoms with Gasteiger partial charge in [0.25, 0.3) is 0 Å². The van der Waals surface area contributed by atoms with Gasteiger partial charge in [-0.1, -0.05) is 22.9 Å². The van der Waals surface area contributed by atoms with E-state index in [-0.39, 0.29) is 12.2 Å². The van der Waals surface area contributed by atoms with E-state index in [0.29, 0.717) is 17.1 Å². The van der Waals surface area contributed by atoms with E-state index in [4.69, 9.17) is 5.73 Å². The molecule has 0 spiro atoms. The summed E-state index contributed by atoms with van der Waals surface area (Å²) in [6.07, 6.45) is 2.63. The van der Waals surface area contributed by atoms with Gasteiger partial charge in [0.15, 0.2) is 5.78 Å². The summed E-state index contributed by atoms with van der Waals surface area (Å²) in [5.74, 6) is 0.621. The molecule has 0 aliphatic rings. The molecule has 1 aromatic carbocycles. The third kappa shape index (κ3) is 3.20. The number of nitrogens with two attached hydrogens (primary N) is 1. The highest BCUT2D eigenvalue weighted by atomic mass is 79.9. The van der Waals surface area contributed by atoms with Crippen LogP contribution in [0.1, 0.15) is 29.5 Å². The lowest BCUT2D eigenvalue weighted by atomic mass is 10.1. The number of Topliss-reactive ketones (excluding diaryl/α,β-unsaturated/α-hetero) is 1. The van der Waals surface area contributed by atoms with Crippen molar-refractivity contribution < 1.29 is 4.79 Å². The van der Waals surface area contributed by atoms with Gasteiger partial charge < -0.3 is 5.73 Å². The van der Waals surface area contributed by atoms with Gasteiger partial charge in [-0.05, 0) is 24.6 Å². The molecule has 0 amide bonds. The number of carbonyl (C=O) groups excluding carboxylic acids is 1. The molecule has 0 atom stereocenters. The molecular formula is C13H15BrN4O. The fourth-order valence-electron chi connectivity index (χ4n) is 1.83. The molecule has 1 aromatic heterocycles. The average molecular weight is 323 g/mol. The molecule has 0 radical (unpaired) electrons. The third-order valence-electron chi connectivity index (χ3n) is 2.77. The van der Waals surface area contributed by atoms with Crippen LogP contribution in [-0.4, -0.2) is 20.5 Å². The number of halogens is 1. The summed E-state index contributed by atoms with van der Waals surface area (Å²) < 4.78 is 2.59. The Morgan fingerprint density at radius 1 is 1.47 bits per heavy atom. The summed E-state index contributed by atoms with van der Waals surface area (Å²) in [6.45, 7) is 2.82. The summed E-state index contributed by atoms with van der Waals surface area (Å²) in [5.41, 5.74) is 6.83. The number of nitrogens with zero attached hydrogens (tertiary/aromatic N) is 3. The van der Waals surface area contributed by atoms with Crippen molar-refractivity contribution in [1.29, 1.82) is 0 Å². The van der Waals surface area contributed by atoms with E-state index in [1.165, 1.54) is 6.33 Å². The largest absolute Gasteiger partial charge is 0.398 e. The van der Waals surface area contributed by atoms with Crippen LogP contribution >= 0.6 is 15.9 Å². The zero-order valence-corrected chi connectivity index (χ0v) is 12.2. The van der Waals surface area contributed by atoms with Crippen LogP contribution in [0.2, 0.25) is 0 Å². The van der Waals surface area contributed by atoms with Gasteiger partial charge in [0.05, 0.1) is 6.42 Å².